The Morgan fingerprint density at radius 1 is 1.53 bits per heavy atom. The summed E-state index contributed by atoms with van der Waals surface area (Å²) in [6.07, 6.45) is 3.02. The van der Waals surface area contributed by atoms with Crippen LogP contribution in [-0.4, -0.2) is 29.5 Å². The number of nitrogens with one attached hydrogen (secondary N) is 2. The zero-order valence-electron chi connectivity index (χ0n) is 9.94. The Morgan fingerprint density at radius 2 is 2.47 bits per heavy atom. The highest BCUT2D eigenvalue weighted by molar-refractivity contribution is 5.90. The van der Waals surface area contributed by atoms with Gasteiger partial charge in [-0.3, -0.25) is 5.10 Å². The average molecular weight is 231 g/mol. The third-order valence-electron chi connectivity index (χ3n) is 3.54. The molecule has 1 aliphatic heterocycles. The highest BCUT2D eigenvalue weighted by Gasteiger charge is 2.22. The summed E-state index contributed by atoms with van der Waals surface area (Å²) in [4.78, 5) is 0. The monoisotopic (exact) mass is 231 g/mol. The largest absolute Gasteiger partial charge is 0.382 e. The van der Waals surface area contributed by atoms with Crippen molar-refractivity contribution in [3.8, 4) is 0 Å². The average Bonchev–Trinajstić information content (AvgIpc) is 3.00. The number of benzene rings is 1. The van der Waals surface area contributed by atoms with E-state index in [9.17, 15) is 0 Å². The van der Waals surface area contributed by atoms with E-state index in [1.165, 1.54) is 0 Å². The van der Waals surface area contributed by atoms with E-state index >= 15 is 0 Å². The van der Waals surface area contributed by atoms with Gasteiger partial charge in [-0.2, -0.15) is 5.10 Å². The molecule has 0 spiro atoms. The molecule has 4 heteroatoms. The minimum Gasteiger partial charge on any atom is -0.382 e. The van der Waals surface area contributed by atoms with E-state index < -0.39 is 0 Å². The summed E-state index contributed by atoms with van der Waals surface area (Å²) < 4.78 is 5.43. The van der Waals surface area contributed by atoms with Crippen LogP contribution in [0.1, 0.15) is 13.3 Å². The van der Waals surface area contributed by atoms with Crippen LogP contribution in [0.4, 0.5) is 5.69 Å². The van der Waals surface area contributed by atoms with E-state index in [0.29, 0.717) is 12.0 Å². The summed E-state index contributed by atoms with van der Waals surface area (Å²) in [5.74, 6) is 0.608. The molecule has 1 saturated heterocycles. The van der Waals surface area contributed by atoms with Crippen LogP contribution in [0.3, 0.4) is 0 Å². The third kappa shape index (κ3) is 2.00. The number of anilines is 1. The number of ether oxygens (including phenoxy) is 1. The number of H-pyrrole nitrogens is 1. The molecular weight excluding hydrogens is 214 g/mol. The molecule has 1 aromatic carbocycles. The maximum atomic E-state index is 5.43. The molecule has 0 bridgehead atoms. The summed E-state index contributed by atoms with van der Waals surface area (Å²) in [6, 6.07) is 6.61. The highest BCUT2D eigenvalue weighted by Crippen LogP contribution is 2.25. The minimum absolute atomic E-state index is 0.429. The van der Waals surface area contributed by atoms with E-state index in [-0.39, 0.29) is 0 Å². The van der Waals surface area contributed by atoms with Crippen LogP contribution in [0, 0.1) is 5.92 Å². The fraction of sp³-hybridized carbons (Fsp3) is 0.462. The molecule has 1 aromatic heterocycles. The molecular formula is C13H17N3O. The molecule has 0 radical (unpaired) electrons. The molecule has 4 nitrogen and oxygen atoms in total. The Kier molecular flexibility index (Phi) is 2.73. The molecule has 2 N–H and O–H groups in total. The van der Waals surface area contributed by atoms with Crippen molar-refractivity contribution in [2.75, 3.05) is 18.5 Å². The second-order valence-electron chi connectivity index (χ2n) is 4.69. The lowest BCUT2D eigenvalue weighted by Crippen LogP contribution is -2.26. The van der Waals surface area contributed by atoms with Crippen LogP contribution in [-0.2, 0) is 4.74 Å². The molecule has 2 atom stereocenters. The molecule has 3 rings (SSSR count). The van der Waals surface area contributed by atoms with E-state index in [2.05, 4.69) is 28.5 Å². The third-order valence-corrected chi connectivity index (χ3v) is 3.54. The van der Waals surface area contributed by atoms with Crippen molar-refractivity contribution in [3.05, 3.63) is 24.4 Å². The first-order valence-corrected chi connectivity index (χ1v) is 6.11. The number of hydrogen-bond acceptors (Lipinski definition) is 3. The zero-order valence-corrected chi connectivity index (χ0v) is 9.94. The van der Waals surface area contributed by atoms with Crippen molar-refractivity contribution in [2.24, 2.45) is 5.92 Å². The quantitative estimate of drug-likeness (QED) is 0.852. The number of fused-ring (bicyclic) bond motifs is 1. The lowest BCUT2D eigenvalue weighted by Gasteiger charge is -2.20. The zero-order chi connectivity index (χ0) is 11.7. The normalized spacial score (nSPS) is 21.8. The van der Waals surface area contributed by atoms with E-state index in [0.717, 1.165) is 36.2 Å². The Hall–Kier alpha value is -1.55. The maximum absolute atomic E-state index is 5.43. The van der Waals surface area contributed by atoms with Gasteiger partial charge in [0.25, 0.3) is 0 Å². The lowest BCUT2D eigenvalue weighted by atomic mass is 10.0. The molecule has 90 valence electrons. The van der Waals surface area contributed by atoms with Gasteiger partial charge in [-0.15, -0.1) is 0 Å². The van der Waals surface area contributed by atoms with Crippen molar-refractivity contribution < 1.29 is 4.74 Å². The van der Waals surface area contributed by atoms with E-state index in [1.807, 2.05) is 18.3 Å². The van der Waals surface area contributed by atoms with E-state index in [4.69, 9.17) is 4.74 Å². The first kappa shape index (κ1) is 10.6. The molecule has 2 aromatic rings. The van der Waals surface area contributed by atoms with Gasteiger partial charge in [-0.25, -0.2) is 0 Å². The van der Waals surface area contributed by atoms with Gasteiger partial charge >= 0.3 is 0 Å². The van der Waals surface area contributed by atoms with Crippen molar-refractivity contribution in [2.45, 2.75) is 19.4 Å². The molecule has 17 heavy (non-hydrogen) atoms. The molecule has 2 heterocycles. The van der Waals surface area contributed by atoms with Crippen molar-refractivity contribution in [1.82, 2.24) is 10.2 Å². The smallest absolute Gasteiger partial charge is 0.0671 e. The number of hydrogen-bond donors (Lipinski definition) is 2. The topological polar surface area (TPSA) is 49.9 Å². The van der Waals surface area contributed by atoms with Gasteiger partial charge in [-0.05, 0) is 25.5 Å². The number of aromatic nitrogens is 2. The van der Waals surface area contributed by atoms with Crippen molar-refractivity contribution in [1.29, 1.82) is 0 Å². The second-order valence-corrected chi connectivity index (χ2v) is 4.69. The van der Waals surface area contributed by atoms with Gasteiger partial charge in [-0.1, -0.05) is 6.07 Å². The number of rotatable bonds is 3. The standard InChI is InChI=1S/C13H17N3O/c1-9(10-5-6-17-8-10)15-12-3-2-4-13-11(12)7-14-16-13/h2-4,7,9-10,15H,5-6,8H2,1H3,(H,14,16). The maximum Gasteiger partial charge on any atom is 0.0671 e. The van der Waals surface area contributed by atoms with Crippen molar-refractivity contribution in [3.63, 3.8) is 0 Å². The summed E-state index contributed by atoms with van der Waals surface area (Å²) in [5.41, 5.74) is 2.22. The summed E-state index contributed by atoms with van der Waals surface area (Å²) in [5, 5.41) is 11.8. The van der Waals surface area contributed by atoms with Crippen LogP contribution >= 0.6 is 0 Å². The number of aromatic amines is 1. The molecule has 2 unspecified atom stereocenters. The first-order chi connectivity index (χ1) is 8.34. The van der Waals surface area contributed by atoms with Crippen LogP contribution in [0.5, 0.6) is 0 Å². The Balaban J connectivity index is 1.81. The highest BCUT2D eigenvalue weighted by atomic mass is 16.5. The lowest BCUT2D eigenvalue weighted by molar-refractivity contribution is 0.183. The molecule has 0 aliphatic carbocycles. The van der Waals surface area contributed by atoms with Gasteiger partial charge in [0.15, 0.2) is 0 Å². The first-order valence-electron chi connectivity index (χ1n) is 6.11. The Labute approximate surface area is 100 Å². The fourth-order valence-electron chi connectivity index (χ4n) is 2.40. The fourth-order valence-corrected chi connectivity index (χ4v) is 2.40. The van der Waals surface area contributed by atoms with Gasteiger partial charge in [0.2, 0.25) is 0 Å². The summed E-state index contributed by atoms with van der Waals surface area (Å²) in [7, 11) is 0. The molecule has 1 aliphatic rings. The van der Waals surface area contributed by atoms with Crippen LogP contribution < -0.4 is 5.32 Å². The molecule has 0 saturated carbocycles. The SMILES string of the molecule is CC(Nc1cccc2[nH]ncc12)C1CCOC1. The Bertz CT molecular complexity index is 502. The van der Waals surface area contributed by atoms with E-state index in [1.54, 1.807) is 0 Å². The Morgan fingerprint density at radius 3 is 3.29 bits per heavy atom. The molecule has 1 fully saturated rings. The predicted octanol–water partition coefficient (Wildman–Crippen LogP) is 2.40. The van der Waals surface area contributed by atoms with Crippen molar-refractivity contribution >= 4 is 16.6 Å². The molecule has 0 amide bonds. The van der Waals surface area contributed by atoms with Gasteiger partial charge in [0.1, 0.15) is 0 Å². The van der Waals surface area contributed by atoms with Gasteiger partial charge in [0, 0.05) is 29.6 Å². The summed E-state index contributed by atoms with van der Waals surface area (Å²) in [6.45, 7) is 3.99. The van der Waals surface area contributed by atoms with Gasteiger partial charge in [0.05, 0.1) is 18.3 Å². The minimum atomic E-state index is 0.429. The van der Waals surface area contributed by atoms with Crippen LogP contribution in [0.15, 0.2) is 24.4 Å². The summed E-state index contributed by atoms with van der Waals surface area (Å²) >= 11 is 0. The van der Waals surface area contributed by atoms with Crippen LogP contribution in [0.2, 0.25) is 0 Å². The van der Waals surface area contributed by atoms with Crippen LogP contribution in [0.25, 0.3) is 10.9 Å². The second kappa shape index (κ2) is 4.37. The van der Waals surface area contributed by atoms with Gasteiger partial charge < -0.3 is 10.1 Å². The predicted molar refractivity (Wildman–Crippen MR) is 68.1 cm³/mol. The number of nitrogens with zero attached hydrogens (tertiary/aromatic N) is 1.